The molecule has 0 aliphatic rings. The van der Waals surface area contributed by atoms with Crippen molar-refractivity contribution in [3.05, 3.63) is 59.1 Å². The molecule has 0 aliphatic heterocycles. The lowest BCUT2D eigenvalue weighted by Gasteiger charge is -2.24. The highest BCUT2D eigenvalue weighted by atomic mass is 79.9. The van der Waals surface area contributed by atoms with Crippen molar-refractivity contribution in [3.63, 3.8) is 0 Å². The number of para-hydroxylation sites is 1. The van der Waals surface area contributed by atoms with Crippen LogP contribution in [0.5, 0.6) is 0 Å². The van der Waals surface area contributed by atoms with E-state index in [1.807, 2.05) is 54.6 Å². The second-order valence-electron chi connectivity index (χ2n) is 6.15. The average Bonchev–Trinajstić information content (AvgIpc) is 3.09. The number of hydrogen-bond donors (Lipinski definition) is 1. The zero-order valence-electron chi connectivity index (χ0n) is 15.7. The Balaban J connectivity index is 1.80. The minimum absolute atomic E-state index is 0.123. The molecule has 0 radical (unpaired) electrons. The molecule has 9 heteroatoms. The SMILES string of the molecule is CC(Sc1nnc(-c2ccccc2Br)n1N)C(=O)N(CCC#N)c1ccccc1. The van der Waals surface area contributed by atoms with Crippen LogP contribution in [0.1, 0.15) is 13.3 Å². The van der Waals surface area contributed by atoms with Crippen LogP contribution in [0.3, 0.4) is 0 Å². The van der Waals surface area contributed by atoms with Crippen molar-refractivity contribution in [2.24, 2.45) is 0 Å². The lowest BCUT2D eigenvalue weighted by Crippen LogP contribution is -2.37. The van der Waals surface area contributed by atoms with Crippen LogP contribution >= 0.6 is 27.7 Å². The Morgan fingerprint density at radius 3 is 2.62 bits per heavy atom. The van der Waals surface area contributed by atoms with E-state index in [1.54, 1.807) is 11.8 Å². The maximum absolute atomic E-state index is 13.1. The standard InChI is InChI=1S/C20H19BrN6OS/c1-14(19(28)26(13-7-12-22)15-8-3-2-4-9-15)29-20-25-24-18(27(20)23)16-10-5-6-11-17(16)21/h2-6,8-11,14H,7,13,23H2,1H3. The van der Waals surface area contributed by atoms with Crippen LogP contribution in [0.25, 0.3) is 11.4 Å². The lowest BCUT2D eigenvalue weighted by atomic mass is 10.2. The fourth-order valence-electron chi connectivity index (χ4n) is 2.75. The summed E-state index contributed by atoms with van der Waals surface area (Å²) in [6.07, 6.45) is 0.247. The van der Waals surface area contributed by atoms with Gasteiger partial charge in [0.2, 0.25) is 11.1 Å². The Bertz CT molecular complexity index is 1030. The molecule has 1 unspecified atom stereocenters. The van der Waals surface area contributed by atoms with Crippen molar-refractivity contribution < 1.29 is 4.79 Å². The van der Waals surface area contributed by atoms with Gasteiger partial charge in [0.25, 0.3) is 0 Å². The summed E-state index contributed by atoms with van der Waals surface area (Å²) >= 11 is 4.72. The van der Waals surface area contributed by atoms with Gasteiger partial charge in [-0.05, 0) is 31.2 Å². The van der Waals surface area contributed by atoms with Crippen molar-refractivity contribution in [2.75, 3.05) is 17.3 Å². The van der Waals surface area contributed by atoms with Gasteiger partial charge < -0.3 is 10.7 Å². The molecule has 1 amide bonds. The molecule has 0 spiro atoms. The highest BCUT2D eigenvalue weighted by molar-refractivity contribution is 9.10. The molecule has 7 nitrogen and oxygen atoms in total. The predicted octanol–water partition coefficient (Wildman–Crippen LogP) is 3.85. The summed E-state index contributed by atoms with van der Waals surface area (Å²) in [7, 11) is 0. The van der Waals surface area contributed by atoms with Crippen LogP contribution in [0.15, 0.2) is 64.2 Å². The van der Waals surface area contributed by atoms with E-state index in [9.17, 15) is 4.79 Å². The first-order valence-corrected chi connectivity index (χ1v) is 10.6. The summed E-state index contributed by atoms with van der Waals surface area (Å²) in [5, 5.41) is 17.3. The number of aromatic nitrogens is 3. The molecular formula is C20H19BrN6OS. The van der Waals surface area contributed by atoms with Crippen molar-refractivity contribution in [1.82, 2.24) is 14.9 Å². The van der Waals surface area contributed by atoms with E-state index < -0.39 is 5.25 Å². The van der Waals surface area contributed by atoms with E-state index >= 15 is 0 Å². The molecule has 0 aliphatic carbocycles. The van der Waals surface area contributed by atoms with Gasteiger partial charge >= 0.3 is 0 Å². The second kappa shape index (κ2) is 9.58. The van der Waals surface area contributed by atoms with Crippen LogP contribution in [-0.2, 0) is 4.79 Å². The normalized spacial score (nSPS) is 11.6. The Kier molecular flexibility index (Phi) is 6.90. The van der Waals surface area contributed by atoms with Crippen LogP contribution < -0.4 is 10.7 Å². The highest BCUT2D eigenvalue weighted by Gasteiger charge is 2.25. The molecule has 1 atom stereocenters. The third-order valence-corrected chi connectivity index (χ3v) is 5.93. The molecule has 0 saturated heterocycles. The van der Waals surface area contributed by atoms with Gasteiger partial charge in [-0.3, -0.25) is 4.79 Å². The number of nitrogen functional groups attached to an aromatic ring is 1. The molecule has 1 aromatic heterocycles. The number of nitrogens with two attached hydrogens (primary N) is 1. The van der Waals surface area contributed by atoms with Crippen molar-refractivity contribution in [3.8, 4) is 17.5 Å². The molecule has 148 valence electrons. The van der Waals surface area contributed by atoms with E-state index in [0.717, 1.165) is 15.7 Å². The smallest absolute Gasteiger partial charge is 0.240 e. The number of thioether (sulfide) groups is 1. The minimum Gasteiger partial charge on any atom is -0.335 e. The van der Waals surface area contributed by atoms with Crippen molar-refractivity contribution >= 4 is 39.3 Å². The molecule has 1 heterocycles. The molecule has 0 bridgehead atoms. The van der Waals surface area contributed by atoms with Crippen LogP contribution in [0.4, 0.5) is 5.69 Å². The maximum atomic E-state index is 13.1. The first kappa shape index (κ1) is 20.9. The predicted molar refractivity (Wildman–Crippen MR) is 118 cm³/mol. The van der Waals surface area contributed by atoms with Gasteiger partial charge in [-0.15, -0.1) is 10.2 Å². The van der Waals surface area contributed by atoms with Gasteiger partial charge in [0.15, 0.2) is 5.82 Å². The molecular weight excluding hydrogens is 452 g/mol. The van der Waals surface area contributed by atoms with E-state index in [1.165, 1.54) is 16.4 Å². The minimum atomic E-state index is -0.465. The number of rotatable bonds is 7. The maximum Gasteiger partial charge on any atom is 0.240 e. The number of benzene rings is 2. The third kappa shape index (κ3) is 4.78. The van der Waals surface area contributed by atoms with Gasteiger partial charge in [0.1, 0.15) is 0 Å². The summed E-state index contributed by atoms with van der Waals surface area (Å²) in [6.45, 7) is 2.11. The first-order chi connectivity index (χ1) is 14.0. The fourth-order valence-corrected chi connectivity index (χ4v) is 4.04. The second-order valence-corrected chi connectivity index (χ2v) is 8.31. The zero-order chi connectivity index (χ0) is 20.8. The molecule has 0 fully saturated rings. The first-order valence-electron chi connectivity index (χ1n) is 8.88. The van der Waals surface area contributed by atoms with Crippen LogP contribution in [-0.4, -0.2) is 32.6 Å². The molecule has 29 heavy (non-hydrogen) atoms. The summed E-state index contributed by atoms with van der Waals surface area (Å²) in [5.74, 6) is 6.58. The topological polar surface area (TPSA) is 101 Å². The number of hydrogen-bond acceptors (Lipinski definition) is 6. The quantitative estimate of drug-likeness (QED) is 0.415. The molecule has 2 aromatic carbocycles. The van der Waals surface area contributed by atoms with Gasteiger partial charge in [-0.1, -0.05) is 58.0 Å². The highest BCUT2D eigenvalue weighted by Crippen LogP contribution is 2.30. The Hall–Kier alpha value is -2.83. The number of nitriles is 1. The van der Waals surface area contributed by atoms with Gasteiger partial charge in [0, 0.05) is 22.3 Å². The zero-order valence-corrected chi connectivity index (χ0v) is 18.1. The Labute approximate surface area is 181 Å². The Morgan fingerprint density at radius 2 is 1.93 bits per heavy atom. The van der Waals surface area contributed by atoms with E-state index in [2.05, 4.69) is 32.2 Å². The Morgan fingerprint density at radius 1 is 1.24 bits per heavy atom. The van der Waals surface area contributed by atoms with Crippen LogP contribution in [0, 0.1) is 11.3 Å². The van der Waals surface area contributed by atoms with Gasteiger partial charge in [-0.2, -0.15) is 5.26 Å². The van der Waals surface area contributed by atoms with Gasteiger partial charge in [0.05, 0.1) is 17.7 Å². The number of carbonyl (C=O) groups excluding carboxylic acids is 1. The molecule has 2 N–H and O–H groups in total. The number of halogens is 1. The van der Waals surface area contributed by atoms with Crippen molar-refractivity contribution in [1.29, 1.82) is 5.26 Å². The average molecular weight is 471 g/mol. The largest absolute Gasteiger partial charge is 0.335 e. The van der Waals surface area contributed by atoms with Crippen LogP contribution in [0.2, 0.25) is 0 Å². The molecule has 0 saturated carbocycles. The lowest BCUT2D eigenvalue weighted by molar-refractivity contribution is -0.117. The summed E-state index contributed by atoms with van der Waals surface area (Å²) in [4.78, 5) is 14.7. The number of nitrogens with zero attached hydrogens (tertiary/aromatic N) is 5. The van der Waals surface area contributed by atoms with E-state index in [4.69, 9.17) is 11.1 Å². The van der Waals surface area contributed by atoms with E-state index in [-0.39, 0.29) is 12.3 Å². The summed E-state index contributed by atoms with van der Waals surface area (Å²) in [6, 6.07) is 19.0. The van der Waals surface area contributed by atoms with Crippen molar-refractivity contribution in [2.45, 2.75) is 23.8 Å². The molecule has 3 aromatic rings. The third-order valence-electron chi connectivity index (χ3n) is 4.19. The van der Waals surface area contributed by atoms with E-state index in [0.29, 0.717) is 17.5 Å². The summed E-state index contributed by atoms with van der Waals surface area (Å²) in [5.41, 5.74) is 1.57. The monoisotopic (exact) mass is 470 g/mol. The number of amides is 1. The van der Waals surface area contributed by atoms with Gasteiger partial charge in [-0.25, -0.2) is 4.68 Å². The molecule has 3 rings (SSSR count). The number of anilines is 1. The summed E-state index contributed by atoms with van der Waals surface area (Å²) < 4.78 is 2.24. The fraction of sp³-hybridized carbons (Fsp3) is 0.200. The number of carbonyl (C=O) groups is 1.